The number of nitrogens with zero attached hydrogens (tertiary/aromatic N) is 3. The number of carbonyl (C=O) groups is 1. The van der Waals surface area contributed by atoms with Gasteiger partial charge in [0.05, 0.1) is 5.69 Å². The fraction of sp³-hybridized carbons (Fsp3) is 0.333. The number of aryl methyl sites for hydroxylation is 3. The van der Waals surface area contributed by atoms with Crippen LogP contribution in [0.3, 0.4) is 0 Å². The monoisotopic (exact) mass is 344 g/mol. The summed E-state index contributed by atoms with van der Waals surface area (Å²) in [5, 5.41) is 9.15. The molecule has 5 nitrogen and oxygen atoms in total. The Morgan fingerprint density at radius 2 is 2.04 bits per heavy atom. The Morgan fingerprint density at radius 1 is 1.29 bits per heavy atom. The highest BCUT2D eigenvalue weighted by atomic mass is 35.5. The lowest BCUT2D eigenvalue weighted by molar-refractivity contribution is 0.0943. The molecule has 0 spiro atoms. The molecule has 0 aliphatic carbocycles. The van der Waals surface area contributed by atoms with Crippen molar-refractivity contribution in [3.8, 4) is 0 Å². The van der Waals surface area contributed by atoms with Gasteiger partial charge in [-0.15, -0.1) is 0 Å². The van der Waals surface area contributed by atoms with E-state index in [0.29, 0.717) is 17.3 Å². The summed E-state index contributed by atoms with van der Waals surface area (Å²) in [5.74, 6) is -0.104. The molecule has 126 valence electrons. The average molecular weight is 345 g/mol. The van der Waals surface area contributed by atoms with Gasteiger partial charge in [0.15, 0.2) is 0 Å². The molecule has 1 amide bonds. The number of hydrogen-bond donors (Lipinski definition) is 1. The second kappa shape index (κ2) is 6.32. The third kappa shape index (κ3) is 2.80. The zero-order valence-corrected chi connectivity index (χ0v) is 15.1. The molecule has 24 heavy (non-hydrogen) atoms. The Kier molecular flexibility index (Phi) is 4.37. The van der Waals surface area contributed by atoms with E-state index in [1.54, 1.807) is 0 Å². The number of halogens is 1. The second-order valence-electron chi connectivity index (χ2n) is 5.94. The summed E-state index contributed by atoms with van der Waals surface area (Å²) in [5.41, 5.74) is 4.69. The third-order valence-corrected chi connectivity index (χ3v) is 4.73. The molecule has 1 aromatic carbocycles. The molecule has 0 aliphatic rings. The van der Waals surface area contributed by atoms with Crippen molar-refractivity contribution in [2.24, 2.45) is 7.05 Å². The molecule has 2 heterocycles. The van der Waals surface area contributed by atoms with Crippen LogP contribution < -0.4 is 5.32 Å². The van der Waals surface area contributed by atoms with Crippen LogP contribution in [0.1, 0.15) is 34.4 Å². The summed E-state index contributed by atoms with van der Waals surface area (Å²) in [6.07, 6.45) is 0. The third-order valence-electron chi connectivity index (χ3n) is 4.50. The Balaban J connectivity index is 1.83. The maximum Gasteiger partial charge on any atom is 0.268 e. The van der Waals surface area contributed by atoms with Crippen LogP contribution in [0.2, 0.25) is 5.02 Å². The first-order valence-electron chi connectivity index (χ1n) is 7.98. The maximum absolute atomic E-state index is 12.6. The molecular formula is C18H21ClN4O. The van der Waals surface area contributed by atoms with Gasteiger partial charge in [0, 0.05) is 47.3 Å². The molecule has 3 rings (SSSR count). The first kappa shape index (κ1) is 16.6. The lowest BCUT2D eigenvalue weighted by Gasteiger charge is -2.07. The summed E-state index contributed by atoms with van der Waals surface area (Å²) in [6, 6.07) is 7.51. The highest BCUT2D eigenvalue weighted by molar-refractivity contribution is 6.31. The van der Waals surface area contributed by atoms with Crippen molar-refractivity contribution in [1.82, 2.24) is 19.7 Å². The number of amides is 1. The molecule has 0 radical (unpaired) electrons. The summed E-state index contributed by atoms with van der Waals surface area (Å²) in [6.45, 7) is 7.36. The van der Waals surface area contributed by atoms with Crippen molar-refractivity contribution in [3.63, 3.8) is 0 Å². The first-order chi connectivity index (χ1) is 11.4. The number of nitrogens with one attached hydrogen (secondary N) is 1. The molecule has 0 unspecified atom stereocenters. The molecule has 2 aromatic heterocycles. The fourth-order valence-corrected chi connectivity index (χ4v) is 3.24. The normalized spacial score (nSPS) is 11.2. The highest BCUT2D eigenvalue weighted by Gasteiger charge is 2.16. The van der Waals surface area contributed by atoms with E-state index in [1.807, 2.05) is 54.4 Å². The van der Waals surface area contributed by atoms with Crippen LogP contribution >= 0.6 is 11.6 Å². The summed E-state index contributed by atoms with van der Waals surface area (Å²) in [4.78, 5) is 12.6. The number of benzene rings is 1. The minimum atomic E-state index is -0.104. The number of hydrogen-bond acceptors (Lipinski definition) is 2. The van der Waals surface area contributed by atoms with Crippen LogP contribution in [0.25, 0.3) is 10.9 Å². The standard InChI is InChI=1S/C18H21ClN4O/c1-5-23-12(3)15(11(2)21-23)10-20-18(24)17-8-13-6-7-14(19)9-16(13)22(17)4/h6-9H,5,10H2,1-4H3,(H,20,24). The molecule has 0 saturated carbocycles. The Hall–Kier alpha value is -2.27. The van der Waals surface area contributed by atoms with Crippen molar-refractivity contribution in [3.05, 3.63) is 51.9 Å². The topological polar surface area (TPSA) is 51.9 Å². The molecule has 6 heteroatoms. The Labute approximate surface area is 146 Å². The Bertz CT molecular complexity index is 923. The zero-order chi connectivity index (χ0) is 17.4. The van der Waals surface area contributed by atoms with Gasteiger partial charge in [0.1, 0.15) is 5.69 Å². The van der Waals surface area contributed by atoms with E-state index in [4.69, 9.17) is 11.6 Å². The maximum atomic E-state index is 12.6. The molecule has 0 bridgehead atoms. The summed E-state index contributed by atoms with van der Waals surface area (Å²) in [7, 11) is 1.87. The van der Waals surface area contributed by atoms with E-state index in [2.05, 4.69) is 17.3 Å². The molecule has 0 fully saturated rings. The van der Waals surface area contributed by atoms with Gasteiger partial charge in [-0.25, -0.2) is 0 Å². The van der Waals surface area contributed by atoms with E-state index < -0.39 is 0 Å². The van der Waals surface area contributed by atoms with Crippen LogP contribution in [-0.2, 0) is 20.1 Å². The summed E-state index contributed by atoms with van der Waals surface area (Å²) < 4.78 is 3.82. The van der Waals surface area contributed by atoms with Crippen molar-refractivity contribution in [2.45, 2.75) is 33.9 Å². The largest absolute Gasteiger partial charge is 0.347 e. The fourth-order valence-electron chi connectivity index (χ4n) is 3.08. The van der Waals surface area contributed by atoms with Crippen LogP contribution in [-0.4, -0.2) is 20.3 Å². The van der Waals surface area contributed by atoms with Gasteiger partial charge in [-0.05, 0) is 39.0 Å². The quantitative estimate of drug-likeness (QED) is 0.786. The van der Waals surface area contributed by atoms with E-state index in [1.165, 1.54) is 0 Å². The number of carbonyl (C=O) groups excluding carboxylic acids is 1. The minimum Gasteiger partial charge on any atom is -0.347 e. The zero-order valence-electron chi connectivity index (χ0n) is 14.4. The molecular weight excluding hydrogens is 324 g/mol. The lowest BCUT2D eigenvalue weighted by atomic mass is 10.2. The van der Waals surface area contributed by atoms with Gasteiger partial charge in [-0.3, -0.25) is 9.48 Å². The van der Waals surface area contributed by atoms with E-state index in [0.717, 1.165) is 34.4 Å². The summed E-state index contributed by atoms with van der Waals surface area (Å²) >= 11 is 6.05. The van der Waals surface area contributed by atoms with Crippen molar-refractivity contribution >= 4 is 28.4 Å². The van der Waals surface area contributed by atoms with Crippen molar-refractivity contribution < 1.29 is 4.79 Å². The number of aromatic nitrogens is 3. The molecule has 1 N–H and O–H groups in total. The highest BCUT2D eigenvalue weighted by Crippen LogP contribution is 2.22. The predicted molar refractivity (Wildman–Crippen MR) is 96.5 cm³/mol. The van der Waals surface area contributed by atoms with Crippen LogP contribution in [0.4, 0.5) is 0 Å². The van der Waals surface area contributed by atoms with Gasteiger partial charge >= 0.3 is 0 Å². The Morgan fingerprint density at radius 3 is 2.71 bits per heavy atom. The second-order valence-corrected chi connectivity index (χ2v) is 6.38. The van der Waals surface area contributed by atoms with Gasteiger partial charge in [0.25, 0.3) is 5.91 Å². The van der Waals surface area contributed by atoms with Gasteiger partial charge < -0.3 is 9.88 Å². The van der Waals surface area contributed by atoms with E-state index >= 15 is 0 Å². The SMILES string of the molecule is CCn1nc(C)c(CNC(=O)c2cc3ccc(Cl)cc3n2C)c1C. The number of fused-ring (bicyclic) bond motifs is 1. The molecule has 3 aromatic rings. The van der Waals surface area contributed by atoms with Gasteiger partial charge in [-0.1, -0.05) is 17.7 Å². The predicted octanol–water partition coefficient (Wildman–Crippen LogP) is 3.59. The van der Waals surface area contributed by atoms with Crippen LogP contribution in [0.5, 0.6) is 0 Å². The smallest absolute Gasteiger partial charge is 0.268 e. The average Bonchev–Trinajstić information content (AvgIpc) is 3.02. The van der Waals surface area contributed by atoms with Crippen molar-refractivity contribution in [1.29, 1.82) is 0 Å². The van der Waals surface area contributed by atoms with Crippen LogP contribution in [0, 0.1) is 13.8 Å². The van der Waals surface area contributed by atoms with E-state index in [-0.39, 0.29) is 5.91 Å². The van der Waals surface area contributed by atoms with Crippen molar-refractivity contribution in [2.75, 3.05) is 0 Å². The van der Waals surface area contributed by atoms with Gasteiger partial charge in [0.2, 0.25) is 0 Å². The van der Waals surface area contributed by atoms with Crippen LogP contribution in [0.15, 0.2) is 24.3 Å². The molecule has 0 aliphatic heterocycles. The van der Waals surface area contributed by atoms with Gasteiger partial charge in [-0.2, -0.15) is 5.10 Å². The van der Waals surface area contributed by atoms with E-state index in [9.17, 15) is 4.79 Å². The molecule has 0 atom stereocenters. The number of rotatable bonds is 4. The minimum absolute atomic E-state index is 0.104. The molecule has 0 saturated heterocycles. The first-order valence-corrected chi connectivity index (χ1v) is 8.36. The lowest BCUT2D eigenvalue weighted by Crippen LogP contribution is -2.25.